The van der Waals surface area contributed by atoms with E-state index in [9.17, 15) is 9.59 Å². The first-order valence-corrected chi connectivity index (χ1v) is 3.48. The summed E-state index contributed by atoms with van der Waals surface area (Å²) < 4.78 is 14.2. The summed E-state index contributed by atoms with van der Waals surface area (Å²) >= 11 is 0. The van der Waals surface area contributed by atoms with Crippen molar-refractivity contribution in [2.24, 2.45) is 0 Å². The summed E-state index contributed by atoms with van der Waals surface area (Å²) in [4.78, 5) is 21.3. The molecule has 0 aromatic carbocycles. The molecule has 0 unspecified atom stereocenters. The summed E-state index contributed by atoms with van der Waals surface area (Å²) in [7, 11) is 0. The van der Waals surface area contributed by atoms with Crippen LogP contribution in [0, 0.1) is 0 Å². The van der Waals surface area contributed by atoms with Crippen molar-refractivity contribution in [2.75, 3.05) is 0 Å². The molecule has 0 aromatic heterocycles. The van der Waals surface area contributed by atoms with Gasteiger partial charge in [-0.25, -0.2) is 4.79 Å². The molecule has 1 heterocycles. The van der Waals surface area contributed by atoms with Crippen LogP contribution in [-0.2, 0) is 23.8 Å². The molecule has 0 spiro atoms. The lowest BCUT2D eigenvalue weighted by atomic mass is 10.4. The Morgan fingerprint density at radius 2 is 2.17 bits per heavy atom. The standard InChI is InChI=1S/C7H10O5/c1-4(8)10-6-5(9)11-7(2,3)12-6/h6H,1-3H3/t6-/m1/s1. The molecule has 0 amide bonds. The molecule has 5 nitrogen and oxygen atoms in total. The van der Waals surface area contributed by atoms with Crippen molar-refractivity contribution in [3.63, 3.8) is 0 Å². The predicted molar refractivity (Wildman–Crippen MR) is 36.8 cm³/mol. The van der Waals surface area contributed by atoms with Crippen molar-refractivity contribution in [1.29, 1.82) is 0 Å². The van der Waals surface area contributed by atoms with Crippen molar-refractivity contribution in [3.8, 4) is 0 Å². The molecule has 0 aromatic rings. The fraction of sp³-hybridized carbons (Fsp3) is 0.714. The van der Waals surface area contributed by atoms with Crippen molar-refractivity contribution in [2.45, 2.75) is 32.8 Å². The molecular weight excluding hydrogens is 164 g/mol. The van der Waals surface area contributed by atoms with Crippen LogP contribution in [0.1, 0.15) is 20.8 Å². The molecule has 0 N–H and O–H groups in total. The lowest BCUT2D eigenvalue weighted by Crippen LogP contribution is -2.24. The second-order valence-corrected chi connectivity index (χ2v) is 2.88. The molecule has 1 atom stereocenters. The SMILES string of the molecule is CC(=O)O[C@@H]1OC(C)(C)OC1=O. The molecule has 1 rings (SSSR count). The zero-order valence-corrected chi connectivity index (χ0v) is 7.12. The van der Waals surface area contributed by atoms with Gasteiger partial charge in [-0.05, 0) is 0 Å². The average Bonchev–Trinajstić information content (AvgIpc) is 2.03. The lowest BCUT2D eigenvalue weighted by molar-refractivity contribution is -0.196. The largest absolute Gasteiger partial charge is 0.429 e. The average molecular weight is 174 g/mol. The minimum atomic E-state index is -1.21. The van der Waals surface area contributed by atoms with Crippen LogP contribution in [-0.4, -0.2) is 24.0 Å². The van der Waals surface area contributed by atoms with Crippen LogP contribution in [0.3, 0.4) is 0 Å². The van der Waals surface area contributed by atoms with E-state index in [-0.39, 0.29) is 0 Å². The minimum absolute atomic E-state index is 0.574. The Bertz CT molecular complexity index is 220. The first-order valence-electron chi connectivity index (χ1n) is 3.48. The molecule has 68 valence electrons. The van der Waals surface area contributed by atoms with Crippen LogP contribution < -0.4 is 0 Å². The van der Waals surface area contributed by atoms with Gasteiger partial charge in [0.2, 0.25) is 5.79 Å². The van der Waals surface area contributed by atoms with Crippen molar-refractivity contribution >= 4 is 11.9 Å². The second-order valence-electron chi connectivity index (χ2n) is 2.88. The molecule has 12 heavy (non-hydrogen) atoms. The quantitative estimate of drug-likeness (QED) is 0.531. The van der Waals surface area contributed by atoms with Crippen molar-refractivity contribution in [3.05, 3.63) is 0 Å². The maximum absolute atomic E-state index is 10.9. The van der Waals surface area contributed by atoms with Gasteiger partial charge in [-0.1, -0.05) is 0 Å². The van der Waals surface area contributed by atoms with E-state index in [2.05, 4.69) is 4.74 Å². The first-order chi connectivity index (χ1) is 5.41. The van der Waals surface area contributed by atoms with Crippen LogP contribution in [0.25, 0.3) is 0 Å². The smallest absolute Gasteiger partial charge is 0.379 e. The van der Waals surface area contributed by atoms with Gasteiger partial charge in [0.15, 0.2) is 0 Å². The molecule has 1 aliphatic heterocycles. The van der Waals surface area contributed by atoms with E-state index in [0.717, 1.165) is 0 Å². The summed E-state index contributed by atoms with van der Waals surface area (Å²) in [5.41, 5.74) is 0. The maximum Gasteiger partial charge on any atom is 0.379 e. The Morgan fingerprint density at radius 1 is 1.58 bits per heavy atom. The van der Waals surface area contributed by atoms with Gasteiger partial charge in [0.25, 0.3) is 0 Å². The zero-order valence-electron chi connectivity index (χ0n) is 7.12. The van der Waals surface area contributed by atoms with Gasteiger partial charge in [-0.15, -0.1) is 0 Å². The number of esters is 2. The third kappa shape index (κ3) is 1.94. The molecule has 1 fully saturated rings. The van der Waals surface area contributed by atoms with E-state index in [0.29, 0.717) is 0 Å². The highest BCUT2D eigenvalue weighted by Gasteiger charge is 2.43. The number of hydrogen-bond acceptors (Lipinski definition) is 5. The Labute approximate surface area is 69.6 Å². The normalized spacial score (nSPS) is 26.6. The van der Waals surface area contributed by atoms with Gasteiger partial charge in [0.1, 0.15) is 0 Å². The summed E-state index contributed by atoms with van der Waals surface area (Å²) in [5, 5.41) is 0. The fourth-order valence-corrected chi connectivity index (χ4v) is 0.843. The van der Waals surface area contributed by atoms with Crippen LogP contribution in [0.2, 0.25) is 0 Å². The number of rotatable bonds is 1. The van der Waals surface area contributed by atoms with E-state index in [4.69, 9.17) is 9.47 Å². The molecule has 5 heteroatoms. The van der Waals surface area contributed by atoms with Crippen LogP contribution in [0.5, 0.6) is 0 Å². The van der Waals surface area contributed by atoms with E-state index >= 15 is 0 Å². The highest BCUT2D eigenvalue weighted by Crippen LogP contribution is 2.23. The third-order valence-electron chi connectivity index (χ3n) is 1.20. The number of carbonyl (C=O) groups excluding carboxylic acids is 2. The first kappa shape index (κ1) is 8.99. The van der Waals surface area contributed by atoms with Gasteiger partial charge >= 0.3 is 18.2 Å². The van der Waals surface area contributed by atoms with E-state index in [1.807, 2.05) is 0 Å². The van der Waals surface area contributed by atoms with E-state index in [1.54, 1.807) is 13.8 Å². The zero-order chi connectivity index (χ0) is 9.35. The molecule has 0 bridgehead atoms. The van der Waals surface area contributed by atoms with Crippen molar-refractivity contribution in [1.82, 2.24) is 0 Å². The third-order valence-corrected chi connectivity index (χ3v) is 1.20. The molecule has 1 saturated heterocycles. The Morgan fingerprint density at radius 3 is 2.50 bits per heavy atom. The summed E-state index contributed by atoms with van der Waals surface area (Å²) in [6.07, 6.45) is -1.21. The van der Waals surface area contributed by atoms with E-state index < -0.39 is 24.0 Å². The molecule has 0 radical (unpaired) electrons. The molecule has 0 aliphatic carbocycles. The Hall–Kier alpha value is -1.10. The van der Waals surface area contributed by atoms with Crippen LogP contribution in [0.15, 0.2) is 0 Å². The summed E-state index contributed by atoms with van der Waals surface area (Å²) in [6.45, 7) is 4.32. The van der Waals surface area contributed by atoms with Crippen LogP contribution >= 0.6 is 0 Å². The lowest BCUT2D eigenvalue weighted by Gasteiger charge is -2.14. The number of ether oxygens (including phenoxy) is 3. The minimum Gasteiger partial charge on any atom is -0.429 e. The number of carbonyl (C=O) groups is 2. The van der Waals surface area contributed by atoms with Gasteiger partial charge in [-0.2, -0.15) is 0 Å². The fourth-order valence-electron chi connectivity index (χ4n) is 0.843. The summed E-state index contributed by atoms with van der Waals surface area (Å²) in [5.74, 6) is -2.25. The monoisotopic (exact) mass is 174 g/mol. The highest BCUT2D eigenvalue weighted by atomic mass is 16.8. The second kappa shape index (κ2) is 2.75. The van der Waals surface area contributed by atoms with E-state index in [1.165, 1.54) is 6.92 Å². The van der Waals surface area contributed by atoms with Crippen molar-refractivity contribution < 1.29 is 23.8 Å². The summed E-state index contributed by atoms with van der Waals surface area (Å²) in [6, 6.07) is 0. The number of hydrogen-bond donors (Lipinski definition) is 0. The maximum atomic E-state index is 10.9. The topological polar surface area (TPSA) is 61.8 Å². The van der Waals surface area contributed by atoms with Gasteiger partial charge < -0.3 is 9.47 Å². The van der Waals surface area contributed by atoms with Gasteiger partial charge in [0, 0.05) is 20.8 Å². The number of cyclic esters (lactones) is 1. The van der Waals surface area contributed by atoms with Gasteiger partial charge in [0.05, 0.1) is 0 Å². The molecule has 0 saturated carbocycles. The van der Waals surface area contributed by atoms with Gasteiger partial charge in [-0.3, -0.25) is 9.53 Å². The molecule has 1 aliphatic rings. The molecular formula is C7H10O5. The highest BCUT2D eigenvalue weighted by molar-refractivity contribution is 5.78. The predicted octanol–water partition coefficient (Wildman–Crippen LogP) is 0.185. The Balaban J connectivity index is 2.58. The Kier molecular flexibility index (Phi) is 2.06. The van der Waals surface area contributed by atoms with Crippen LogP contribution in [0.4, 0.5) is 0 Å².